The van der Waals surface area contributed by atoms with Crippen molar-refractivity contribution in [2.45, 2.75) is 9.92 Å². The summed E-state index contributed by atoms with van der Waals surface area (Å²) in [6.07, 6.45) is 2.69. The van der Waals surface area contributed by atoms with E-state index in [0.717, 1.165) is 0 Å². The fraction of sp³-hybridized carbons (Fsp3) is 0.0625. The van der Waals surface area contributed by atoms with Crippen LogP contribution in [0, 0.1) is 0 Å². The third-order valence-corrected chi connectivity index (χ3v) is 6.31. The molecule has 0 atom stereocenters. The van der Waals surface area contributed by atoms with E-state index in [4.69, 9.17) is 11.6 Å². The van der Waals surface area contributed by atoms with Crippen molar-refractivity contribution < 1.29 is 16.8 Å². The maximum Gasteiger partial charge on any atom is 0.280 e. The van der Waals surface area contributed by atoms with Gasteiger partial charge in [0, 0.05) is 18.3 Å². The molecule has 142 valence electrons. The molecule has 0 saturated carbocycles. The summed E-state index contributed by atoms with van der Waals surface area (Å²) in [5, 5.41) is 0.211. The largest absolute Gasteiger partial charge is 0.339 e. The minimum absolute atomic E-state index is 0.0922. The minimum Gasteiger partial charge on any atom is -0.339 e. The summed E-state index contributed by atoms with van der Waals surface area (Å²) in [5.74, 6) is 0. The first-order valence-electron chi connectivity index (χ1n) is 7.55. The van der Waals surface area contributed by atoms with E-state index in [-0.39, 0.29) is 15.6 Å². The molecule has 0 bridgehead atoms. The molecular weight excluding hydrogens is 412 g/mol. The highest BCUT2D eigenvalue weighted by atomic mass is 35.5. The number of halogens is 1. The van der Waals surface area contributed by atoms with Crippen LogP contribution in [0.15, 0.2) is 71.0 Å². The standard InChI is InChI=1S/C16H15ClN4O4S2/c1-21-10-16(18-11-21)27(24,25)20-14-6-3-7-15(9-14)26(22,23)19-13-5-2-4-12(17)8-13/h2-11,19-20H,1H3. The molecule has 11 heteroatoms. The smallest absolute Gasteiger partial charge is 0.280 e. The van der Waals surface area contributed by atoms with Gasteiger partial charge in [-0.2, -0.15) is 8.42 Å². The molecule has 3 aromatic rings. The van der Waals surface area contributed by atoms with Crippen molar-refractivity contribution in [1.82, 2.24) is 9.55 Å². The van der Waals surface area contributed by atoms with E-state index in [1.54, 1.807) is 25.2 Å². The quantitative estimate of drug-likeness (QED) is 0.629. The highest BCUT2D eigenvalue weighted by Gasteiger charge is 2.19. The predicted octanol–water partition coefficient (Wildman–Crippen LogP) is 2.68. The van der Waals surface area contributed by atoms with Gasteiger partial charge in [0.05, 0.1) is 22.6 Å². The summed E-state index contributed by atoms with van der Waals surface area (Å²) in [4.78, 5) is 3.68. The molecule has 0 amide bonds. The first-order valence-corrected chi connectivity index (χ1v) is 10.9. The van der Waals surface area contributed by atoms with Crippen LogP contribution >= 0.6 is 11.6 Å². The Morgan fingerprint density at radius 3 is 2.19 bits per heavy atom. The number of hydrogen-bond acceptors (Lipinski definition) is 5. The van der Waals surface area contributed by atoms with Gasteiger partial charge in [-0.15, -0.1) is 0 Å². The Balaban J connectivity index is 1.86. The normalized spacial score (nSPS) is 11.9. The number of sulfonamides is 2. The second-order valence-corrected chi connectivity index (χ2v) is 9.37. The van der Waals surface area contributed by atoms with Crippen molar-refractivity contribution in [3.63, 3.8) is 0 Å². The molecule has 0 spiro atoms. The lowest BCUT2D eigenvalue weighted by Gasteiger charge is -2.11. The summed E-state index contributed by atoms with van der Waals surface area (Å²) in [6, 6.07) is 11.7. The second-order valence-electron chi connectivity index (χ2n) is 5.63. The number of nitrogens with zero attached hydrogens (tertiary/aromatic N) is 2. The molecule has 3 rings (SSSR count). The molecule has 0 saturated heterocycles. The maximum absolute atomic E-state index is 12.6. The lowest BCUT2D eigenvalue weighted by Crippen LogP contribution is -2.15. The topological polar surface area (TPSA) is 110 Å². The van der Waals surface area contributed by atoms with Gasteiger partial charge in [0.2, 0.25) is 0 Å². The molecule has 0 aliphatic rings. The molecule has 2 aromatic carbocycles. The average molecular weight is 427 g/mol. The third-order valence-electron chi connectivity index (χ3n) is 3.43. The molecule has 1 heterocycles. The Kier molecular flexibility index (Phi) is 5.13. The van der Waals surface area contributed by atoms with Crippen molar-refractivity contribution in [2.24, 2.45) is 7.05 Å². The average Bonchev–Trinajstić information content (AvgIpc) is 3.02. The van der Waals surface area contributed by atoms with Crippen molar-refractivity contribution in [2.75, 3.05) is 9.44 Å². The summed E-state index contributed by atoms with van der Waals surface area (Å²) in [6.45, 7) is 0. The highest BCUT2D eigenvalue weighted by Crippen LogP contribution is 2.22. The highest BCUT2D eigenvalue weighted by molar-refractivity contribution is 7.93. The molecule has 0 unspecified atom stereocenters. The molecule has 0 fully saturated rings. The van der Waals surface area contributed by atoms with Gasteiger partial charge in [0.1, 0.15) is 0 Å². The van der Waals surface area contributed by atoms with E-state index >= 15 is 0 Å². The van der Waals surface area contributed by atoms with Crippen molar-refractivity contribution in [1.29, 1.82) is 0 Å². The number of anilines is 2. The van der Waals surface area contributed by atoms with E-state index in [0.29, 0.717) is 10.7 Å². The number of benzene rings is 2. The van der Waals surface area contributed by atoms with E-state index in [1.807, 2.05) is 0 Å². The zero-order valence-corrected chi connectivity index (χ0v) is 16.4. The Morgan fingerprint density at radius 1 is 0.926 bits per heavy atom. The molecule has 0 radical (unpaired) electrons. The van der Waals surface area contributed by atoms with Gasteiger partial charge in [-0.05, 0) is 36.4 Å². The SMILES string of the molecule is Cn1cnc(S(=O)(=O)Nc2cccc(S(=O)(=O)Nc3cccc(Cl)c3)c2)c1. The van der Waals surface area contributed by atoms with Crippen LogP contribution in [0.4, 0.5) is 11.4 Å². The first kappa shape index (κ1) is 19.2. The van der Waals surface area contributed by atoms with Crippen LogP contribution in [0.5, 0.6) is 0 Å². The van der Waals surface area contributed by atoms with E-state index in [2.05, 4.69) is 14.4 Å². The van der Waals surface area contributed by atoms with Gasteiger partial charge in [-0.1, -0.05) is 23.7 Å². The number of imidazole rings is 1. The monoisotopic (exact) mass is 426 g/mol. The van der Waals surface area contributed by atoms with Crippen LogP contribution in [-0.2, 0) is 27.1 Å². The summed E-state index contributed by atoms with van der Waals surface area (Å²) in [7, 11) is -6.23. The number of aromatic nitrogens is 2. The van der Waals surface area contributed by atoms with E-state index in [1.165, 1.54) is 47.4 Å². The van der Waals surface area contributed by atoms with Crippen molar-refractivity contribution >= 4 is 43.0 Å². The maximum atomic E-state index is 12.6. The van der Waals surface area contributed by atoms with Gasteiger partial charge < -0.3 is 4.57 Å². The Bertz CT molecular complexity index is 1190. The van der Waals surface area contributed by atoms with Gasteiger partial charge in [-0.25, -0.2) is 13.4 Å². The van der Waals surface area contributed by atoms with Crippen LogP contribution < -0.4 is 9.44 Å². The number of hydrogen-bond donors (Lipinski definition) is 2. The lowest BCUT2D eigenvalue weighted by atomic mass is 10.3. The minimum atomic E-state index is -3.93. The van der Waals surface area contributed by atoms with Gasteiger partial charge in [0.25, 0.3) is 20.0 Å². The van der Waals surface area contributed by atoms with Gasteiger partial charge in [-0.3, -0.25) is 9.44 Å². The van der Waals surface area contributed by atoms with Crippen LogP contribution in [0.2, 0.25) is 5.02 Å². The fourth-order valence-electron chi connectivity index (χ4n) is 2.23. The number of nitrogens with one attached hydrogen (secondary N) is 2. The Hall–Kier alpha value is -2.56. The number of aryl methyl sites for hydroxylation is 1. The molecule has 1 aromatic heterocycles. The van der Waals surface area contributed by atoms with E-state index in [9.17, 15) is 16.8 Å². The molecule has 8 nitrogen and oxygen atoms in total. The zero-order valence-electron chi connectivity index (χ0n) is 14.0. The van der Waals surface area contributed by atoms with Gasteiger partial charge in [0.15, 0.2) is 5.03 Å². The van der Waals surface area contributed by atoms with Crippen LogP contribution in [0.3, 0.4) is 0 Å². The summed E-state index contributed by atoms with van der Waals surface area (Å²) >= 11 is 5.86. The summed E-state index contributed by atoms with van der Waals surface area (Å²) < 4.78 is 56.0. The Labute approximate surface area is 161 Å². The fourth-order valence-corrected chi connectivity index (χ4v) is 4.55. The molecule has 27 heavy (non-hydrogen) atoms. The summed E-state index contributed by atoms with van der Waals surface area (Å²) in [5.41, 5.74) is 0.386. The lowest BCUT2D eigenvalue weighted by molar-refractivity contribution is 0.596. The number of rotatable bonds is 6. The third kappa shape index (κ3) is 4.59. The van der Waals surface area contributed by atoms with Crippen molar-refractivity contribution in [3.05, 3.63) is 66.1 Å². The van der Waals surface area contributed by atoms with Crippen LogP contribution in [-0.4, -0.2) is 26.4 Å². The first-order chi connectivity index (χ1) is 12.7. The molecule has 2 N–H and O–H groups in total. The van der Waals surface area contributed by atoms with Gasteiger partial charge >= 0.3 is 0 Å². The Morgan fingerprint density at radius 2 is 1.56 bits per heavy atom. The zero-order chi connectivity index (χ0) is 19.7. The van der Waals surface area contributed by atoms with Crippen LogP contribution in [0.25, 0.3) is 0 Å². The predicted molar refractivity (Wildman–Crippen MR) is 103 cm³/mol. The molecular formula is C16H15ClN4O4S2. The van der Waals surface area contributed by atoms with Crippen molar-refractivity contribution in [3.8, 4) is 0 Å². The van der Waals surface area contributed by atoms with E-state index < -0.39 is 20.0 Å². The second kappa shape index (κ2) is 7.22. The van der Waals surface area contributed by atoms with Crippen LogP contribution in [0.1, 0.15) is 0 Å². The molecule has 0 aliphatic heterocycles. The molecule has 0 aliphatic carbocycles.